The number of amides is 1. The minimum atomic E-state index is -0.369. The number of aryl methyl sites for hydroxylation is 1. The number of hydrogen-bond donors (Lipinski definition) is 0. The molecule has 4 nitrogen and oxygen atoms in total. The highest BCUT2D eigenvalue weighted by molar-refractivity contribution is 7.16. The average molecular weight is 372 g/mol. The molecule has 0 spiro atoms. The summed E-state index contributed by atoms with van der Waals surface area (Å²) in [5, 5.41) is 0. The Kier molecular flexibility index (Phi) is 5.83. The summed E-state index contributed by atoms with van der Waals surface area (Å²) in [5.74, 6) is -0.0295. The van der Waals surface area contributed by atoms with Gasteiger partial charge in [-0.05, 0) is 36.8 Å². The molecular formula is C20H21FN2O2S. The SMILES string of the molecule is CCCCCOc1cccc(C(=O)N=c2sc3cccc(F)c3n2C)c1. The standard InChI is InChI=1S/C20H21FN2O2S/c1-3-4-5-12-25-15-9-6-8-14(13-15)19(24)22-20-23(2)18-16(21)10-7-11-17(18)26-20/h6-11,13H,3-5,12H2,1-2H3. The number of aromatic nitrogens is 1. The number of halogens is 1. The summed E-state index contributed by atoms with van der Waals surface area (Å²) < 4.78 is 22.0. The van der Waals surface area contributed by atoms with E-state index in [0.717, 1.165) is 24.0 Å². The second-order valence-corrected chi connectivity index (χ2v) is 7.04. The van der Waals surface area contributed by atoms with E-state index in [-0.39, 0.29) is 11.7 Å². The number of unbranched alkanes of at least 4 members (excludes halogenated alkanes) is 2. The highest BCUT2D eigenvalue weighted by Crippen LogP contribution is 2.20. The topological polar surface area (TPSA) is 43.6 Å². The highest BCUT2D eigenvalue weighted by atomic mass is 32.1. The molecule has 0 aliphatic carbocycles. The minimum Gasteiger partial charge on any atom is -0.494 e. The molecule has 0 N–H and O–H groups in total. The predicted octanol–water partition coefficient (Wildman–Crippen LogP) is 4.69. The molecule has 6 heteroatoms. The molecule has 0 bridgehead atoms. The first-order valence-electron chi connectivity index (χ1n) is 8.66. The van der Waals surface area contributed by atoms with Crippen LogP contribution in [0.15, 0.2) is 47.5 Å². The normalized spacial score (nSPS) is 11.9. The zero-order valence-electron chi connectivity index (χ0n) is 14.9. The van der Waals surface area contributed by atoms with Gasteiger partial charge in [0.1, 0.15) is 11.6 Å². The Labute approximate surface area is 155 Å². The number of carbonyl (C=O) groups is 1. The van der Waals surface area contributed by atoms with Gasteiger partial charge in [-0.15, -0.1) is 0 Å². The van der Waals surface area contributed by atoms with Crippen molar-refractivity contribution in [2.45, 2.75) is 26.2 Å². The lowest BCUT2D eigenvalue weighted by Gasteiger charge is -2.06. The van der Waals surface area contributed by atoms with E-state index in [1.165, 1.54) is 17.4 Å². The zero-order valence-corrected chi connectivity index (χ0v) is 15.7. The lowest BCUT2D eigenvalue weighted by molar-refractivity contribution is 0.0997. The minimum absolute atomic E-state index is 0.322. The van der Waals surface area contributed by atoms with Crippen LogP contribution in [0.4, 0.5) is 4.39 Å². The fourth-order valence-electron chi connectivity index (χ4n) is 2.68. The van der Waals surface area contributed by atoms with Crippen molar-refractivity contribution < 1.29 is 13.9 Å². The Morgan fingerprint density at radius 2 is 2.04 bits per heavy atom. The van der Waals surface area contributed by atoms with Crippen LogP contribution in [-0.2, 0) is 7.05 Å². The van der Waals surface area contributed by atoms with Crippen LogP contribution in [0.1, 0.15) is 36.5 Å². The molecule has 0 unspecified atom stereocenters. The average Bonchev–Trinajstić information content (AvgIpc) is 2.96. The van der Waals surface area contributed by atoms with Crippen LogP contribution in [0.25, 0.3) is 10.2 Å². The summed E-state index contributed by atoms with van der Waals surface area (Å²) in [6.07, 6.45) is 3.24. The molecular weight excluding hydrogens is 351 g/mol. The van der Waals surface area contributed by atoms with Gasteiger partial charge in [-0.1, -0.05) is 43.2 Å². The molecule has 1 amide bonds. The molecule has 2 aromatic carbocycles. The molecule has 0 aliphatic rings. The Morgan fingerprint density at radius 1 is 1.23 bits per heavy atom. The van der Waals surface area contributed by atoms with Gasteiger partial charge in [0.05, 0.1) is 16.8 Å². The molecule has 0 atom stereocenters. The van der Waals surface area contributed by atoms with Crippen LogP contribution in [-0.4, -0.2) is 17.1 Å². The van der Waals surface area contributed by atoms with Crippen molar-refractivity contribution in [1.82, 2.24) is 4.57 Å². The van der Waals surface area contributed by atoms with Gasteiger partial charge in [0, 0.05) is 12.6 Å². The lowest BCUT2D eigenvalue weighted by atomic mass is 10.2. The zero-order chi connectivity index (χ0) is 18.5. The Bertz CT molecular complexity index is 991. The third-order valence-electron chi connectivity index (χ3n) is 4.07. The highest BCUT2D eigenvalue weighted by Gasteiger charge is 2.10. The first-order valence-corrected chi connectivity index (χ1v) is 9.47. The monoisotopic (exact) mass is 372 g/mol. The van der Waals surface area contributed by atoms with Gasteiger partial charge >= 0.3 is 0 Å². The summed E-state index contributed by atoms with van der Waals surface area (Å²) in [7, 11) is 1.71. The molecule has 1 heterocycles. The van der Waals surface area contributed by atoms with Crippen LogP contribution in [0.2, 0.25) is 0 Å². The number of carbonyl (C=O) groups excluding carboxylic acids is 1. The van der Waals surface area contributed by atoms with Crippen LogP contribution in [0.3, 0.4) is 0 Å². The lowest BCUT2D eigenvalue weighted by Crippen LogP contribution is -2.13. The first kappa shape index (κ1) is 18.3. The number of ether oxygens (including phenoxy) is 1. The number of nitrogens with zero attached hydrogens (tertiary/aromatic N) is 2. The fraction of sp³-hybridized carbons (Fsp3) is 0.300. The molecule has 0 aliphatic heterocycles. The Hall–Kier alpha value is -2.47. The molecule has 0 radical (unpaired) electrons. The summed E-state index contributed by atoms with van der Waals surface area (Å²) in [4.78, 5) is 17.2. The van der Waals surface area contributed by atoms with Crippen molar-refractivity contribution in [3.63, 3.8) is 0 Å². The van der Waals surface area contributed by atoms with E-state index in [9.17, 15) is 9.18 Å². The van der Waals surface area contributed by atoms with E-state index in [4.69, 9.17) is 4.74 Å². The molecule has 0 fully saturated rings. The van der Waals surface area contributed by atoms with E-state index in [0.29, 0.717) is 28.2 Å². The summed E-state index contributed by atoms with van der Waals surface area (Å²) in [6, 6.07) is 11.9. The summed E-state index contributed by atoms with van der Waals surface area (Å²) in [6.45, 7) is 2.77. The maximum absolute atomic E-state index is 14.0. The van der Waals surface area contributed by atoms with Gasteiger partial charge in [-0.3, -0.25) is 4.79 Å². The second kappa shape index (κ2) is 8.27. The van der Waals surface area contributed by atoms with Gasteiger partial charge in [0.15, 0.2) is 4.80 Å². The van der Waals surface area contributed by atoms with E-state index in [1.807, 2.05) is 12.1 Å². The van der Waals surface area contributed by atoms with E-state index in [2.05, 4.69) is 11.9 Å². The Morgan fingerprint density at radius 3 is 2.81 bits per heavy atom. The van der Waals surface area contributed by atoms with Gasteiger partial charge < -0.3 is 9.30 Å². The van der Waals surface area contributed by atoms with Crippen molar-refractivity contribution in [3.8, 4) is 5.75 Å². The van der Waals surface area contributed by atoms with Crippen molar-refractivity contribution in [3.05, 3.63) is 58.6 Å². The van der Waals surface area contributed by atoms with Crippen LogP contribution >= 0.6 is 11.3 Å². The third kappa shape index (κ3) is 4.02. The van der Waals surface area contributed by atoms with Crippen molar-refractivity contribution >= 4 is 27.5 Å². The number of fused-ring (bicyclic) bond motifs is 1. The van der Waals surface area contributed by atoms with Crippen LogP contribution in [0, 0.1) is 5.82 Å². The van der Waals surface area contributed by atoms with Gasteiger partial charge in [0.25, 0.3) is 5.91 Å². The number of rotatable bonds is 6. The Balaban J connectivity index is 1.85. The van der Waals surface area contributed by atoms with Gasteiger partial charge in [0.2, 0.25) is 0 Å². The number of hydrogen-bond acceptors (Lipinski definition) is 3. The molecule has 3 aromatic rings. The number of benzene rings is 2. The number of thiazole rings is 1. The van der Waals surface area contributed by atoms with E-state index < -0.39 is 0 Å². The van der Waals surface area contributed by atoms with Gasteiger partial charge in [-0.25, -0.2) is 4.39 Å². The van der Waals surface area contributed by atoms with Crippen molar-refractivity contribution in [1.29, 1.82) is 0 Å². The van der Waals surface area contributed by atoms with Crippen molar-refractivity contribution in [2.24, 2.45) is 12.0 Å². The molecule has 136 valence electrons. The molecule has 0 saturated carbocycles. The maximum atomic E-state index is 14.0. The van der Waals surface area contributed by atoms with E-state index in [1.54, 1.807) is 35.9 Å². The molecule has 1 aromatic heterocycles. The van der Waals surface area contributed by atoms with Crippen LogP contribution < -0.4 is 9.54 Å². The number of para-hydroxylation sites is 1. The molecule has 3 rings (SSSR count). The summed E-state index contributed by atoms with van der Waals surface area (Å²) >= 11 is 1.29. The maximum Gasteiger partial charge on any atom is 0.279 e. The van der Waals surface area contributed by atoms with E-state index >= 15 is 0 Å². The smallest absolute Gasteiger partial charge is 0.279 e. The van der Waals surface area contributed by atoms with Gasteiger partial charge in [-0.2, -0.15) is 4.99 Å². The van der Waals surface area contributed by atoms with Crippen molar-refractivity contribution in [2.75, 3.05) is 6.61 Å². The molecule has 26 heavy (non-hydrogen) atoms. The van der Waals surface area contributed by atoms with Crippen LogP contribution in [0.5, 0.6) is 5.75 Å². The second-order valence-electron chi connectivity index (χ2n) is 6.03. The largest absolute Gasteiger partial charge is 0.494 e. The first-order chi connectivity index (χ1) is 12.6. The quantitative estimate of drug-likeness (QED) is 0.589. The fourth-order valence-corrected chi connectivity index (χ4v) is 3.71. The third-order valence-corrected chi connectivity index (χ3v) is 5.17. The summed E-state index contributed by atoms with van der Waals surface area (Å²) in [5.41, 5.74) is 0.910. The predicted molar refractivity (Wildman–Crippen MR) is 102 cm³/mol. The molecule has 0 saturated heterocycles.